The van der Waals surface area contributed by atoms with Gasteiger partial charge < -0.3 is 10.2 Å². The lowest BCUT2D eigenvalue weighted by atomic mass is 9.54. The zero-order chi connectivity index (χ0) is 19.5. The molecule has 1 aliphatic rings. The normalized spacial score (nSPS) is 25.3. The van der Waals surface area contributed by atoms with E-state index in [1.54, 1.807) is 0 Å². The van der Waals surface area contributed by atoms with Crippen LogP contribution >= 0.6 is 0 Å². The molecule has 1 aliphatic carbocycles. The molecule has 0 heterocycles. The summed E-state index contributed by atoms with van der Waals surface area (Å²) < 4.78 is 0. The van der Waals surface area contributed by atoms with Gasteiger partial charge in [0.1, 0.15) is 0 Å². The molecule has 4 nitrogen and oxygen atoms in total. The molecule has 0 aromatic heterocycles. The Morgan fingerprint density at radius 1 is 0.692 bits per heavy atom. The highest BCUT2D eigenvalue weighted by atomic mass is 16.4. The SMILES string of the molecule is CCCCCCCCCCCC1(C(=O)O)CC=CCC1(CCC)C(=O)O. The van der Waals surface area contributed by atoms with Crippen LogP contribution in [-0.2, 0) is 9.59 Å². The molecule has 0 fully saturated rings. The molecule has 0 bridgehead atoms. The first-order valence-corrected chi connectivity index (χ1v) is 10.6. The van der Waals surface area contributed by atoms with E-state index in [-0.39, 0.29) is 0 Å². The van der Waals surface area contributed by atoms with Gasteiger partial charge in [-0.15, -0.1) is 0 Å². The Bertz CT molecular complexity index is 471. The number of carboxylic acids is 2. The fourth-order valence-electron chi connectivity index (χ4n) is 4.60. The Morgan fingerprint density at radius 2 is 1.12 bits per heavy atom. The van der Waals surface area contributed by atoms with Crippen molar-refractivity contribution in [1.82, 2.24) is 0 Å². The van der Waals surface area contributed by atoms with Gasteiger partial charge >= 0.3 is 11.9 Å². The largest absolute Gasteiger partial charge is 0.481 e. The lowest BCUT2D eigenvalue weighted by Gasteiger charge is -2.46. The van der Waals surface area contributed by atoms with Crippen LogP contribution < -0.4 is 0 Å². The van der Waals surface area contributed by atoms with Gasteiger partial charge in [-0.3, -0.25) is 9.59 Å². The molecule has 26 heavy (non-hydrogen) atoms. The van der Waals surface area contributed by atoms with Crippen molar-refractivity contribution in [2.24, 2.45) is 10.8 Å². The van der Waals surface area contributed by atoms with Gasteiger partial charge in [-0.2, -0.15) is 0 Å². The minimum Gasteiger partial charge on any atom is -0.481 e. The van der Waals surface area contributed by atoms with Crippen LogP contribution in [0, 0.1) is 10.8 Å². The maximum absolute atomic E-state index is 12.2. The van der Waals surface area contributed by atoms with E-state index in [9.17, 15) is 19.8 Å². The second-order valence-corrected chi connectivity index (χ2v) is 7.98. The predicted octanol–water partition coefficient (Wildman–Crippen LogP) is 6.20. The summed E-state index contributed by atoms with van der Waals surface area (Å²) in [5.41, 5.74) is -2.33. The molecule has 0 aliphatic heterocycles. The summed E-state index contributed by atoms with van der Waals surface area (Å²) in [7, 11) is 0. The molecule has 0 amide bonds. The Morgan fingerprint density at radius 3 is 1.54 bits per heavy atom. The predicted molar refractivity (Wildman–Crippen MR) is 105 cm³/mol. The van der Waals surface area contributed by atoms with Crippen LogP contribution in [0.3, 0.4) is 0 Å². The van der Waals surface area contributed by atoms with Crippen molar-refractivity contribution in [2.75, 3.05) is 0 Å². The van der Waals surface area contributed by atoms with Gasteiger partial charge in [0, 0.05) is 0 Å². The van der Waals surface area contributed by atoms with Crippen molar-refractivity contribution in [3.63, 3.8) is 0 Å². The number of hydrogen-bond acceptors (Lipinski definition) is 2. The second kappa shape index (κ2) is 11.4. The maximum atomic E-state index is 12.2. The molecule has 0 aromatic carbocycles. The lowest BCUT2D eigenvalue weighted by molar-refractivity contribution is -0.177. The highest BCUT2D eigenvalue weighted by Crippen LogP contribution is 2.54. The summed E-state index contributed by atoms with van der Waals surface area (Å²) in [6, 6.07) is 0. The van der Waals surface area contributed by atoms with Crippen molar-refractivity contribution in [1.29, 1.82) is 0 Å². The van der Waals surface area contributed by atoms with Gasteiger partial charge in [-0.25, -0.2) is 0 Å². The summed E-state index contributed by atoms with van der Waals surface area (Å²) in [6.45, 7) is 4.16. The Labute approximate surface area is 159 Å². The van der Waals surface area contributed by atoms with E-state index in [1.807, 2.05) is 19.1 Å². The van der Waals surface area contributed by atoms with Gasteiger partial charge in [0.25, 0.3) is 0 Å². The van der Waals surface area contributed by atoms with Gasteiger partial charge in [0.05, 0.1) is 10.8 Å². The van der Waals surface area contributed by atoms with Crippen LogP contribution in [0.25, 0.3) is 0 Å². The third kappa shape index (κ3) is 5.34. The molecule has 0 radical (unpaired) electrons. The van der Waals surface area contributed by atoms with Gasteiger partial charge in [0.15, 0.2) is 0 Å². The van der Waals surface area contributed by atoms with Crippen LogP contribution in [0.2, 0.25) is 0 Å². The molecule has 0 saturated heterocycles. The van der Waals surface area contributed by atoms with Gasteiger partial charge in [-0.05, 0) is 25.7 Å². The maximum Gasteiger partial charge on any atom is 0.311 e. The monoisotopic (exact) mass is 366 g/mol. The van der Waals surface area contributed by atoms with E-state index < -0.39 is 22.8 Å². The Hall–Kier alpha value is -1.32. The molecule has 1 rings (SSSR count). The van der Waals surface area contributed by atoms with Crippen molar-refractivity contribution < 1.29 is 19.8 Å². The molecule has 4 heteroatoms. The molecular formula is C22H38O4. The molecule has 150 valence electrons. The molecule has 0 aromatic rings. The third-order valence-electron chi connectivity index (χ3n) is 6.22. The first-order valence-electron chi connectivity index (χ1n) is 10.6. The number of unbranched alkanes of at least 4 members (excludes halogenated alkanes) is 8. The second-order valence-electron chi connectivity index (χ2n) is 7.98. The van der Waals surface area contributed by atoms with E-state index in [0.29, 0.717) is 32.1 Å². The quantitative estimate of drug-likeness (QED) is 0.283. The summed E-state index contributed by atoms with van der Waals surface area (Å²) in [6.07, 6.45) is 16.5. The number of aliphatic carboxylic acids is 2. The zero-order valence-electron chi connectivity index (χ0n) is 16.8. The molecule has 2 unspecified atom stereocenters. The van der Waals surface area contributed by atoms with Crippen LogP contribution in [0.4, 0.5) is 0 Å². The van der Waals surface area contributed by atoms with Gasteiger partial charge in [0.2, 0.25) is 0 Å². The van der Waals surface area contributed by atoms with E-state index in [1.165, 1.54) is 38.5 Å². The zero-order valence-corrected chi connectivity index (χ0v) is 16.8. The average molecular weight is 367 g/mol. The fraction of sp³-hybridized carbons (Fsp3) is 0.818. The van der Waals surface area contributed by atoms with Crippen molar-refractivity contribution >= 4 is 11.9 Å². The van der Waals surface area contributed by atoms with E-state index in [4.69, 9.17) is 0 Å². The fourth-order valence-corrected chi connectivity index (χ4v) is 4.60. The van der Waals surface area contributed by atoms with E-state index in [2.05, 4.69) is 6.92 Å². The number of allylic oxidation sites excluding steroid dienone is 2. The van der Waals surface area contributed by atoms with Gasteiger partial charge in [-0.1, -0.05) is 90.2 Å². The summed E-state index contributed by atoms with van der Waals surface area (Å²) in [5.74, 6) is -1.88. The minimum atomic E-state index is -1.16. The van der Waals surface area contributed by atoms with Crippen molar-refractivity contribution in [2.45, 2.75) is 104 Å². The highest BCUT2D eigenvalue weighted by Gasteiger charge is 2.60. The van der Waals surface area contributed by atoms with Crippen LogP contribution in [0.1, 0.15) is 104 Å². The molecule has 2 atom stereocenters. The van der Waals surface area contributed by atoms with Crippen LogP contribution in [0.15, 0.2) is 12.2 Å². The van der Waals surface area contributed by atoms with E-state index in [0.717, 1.165) is 19.3 Å². The first-order chi connectivity index (χ1) is 12.5. The number of hydrogen-bond donors (Lipinski definition) is 2. The van der Waals surface area contributed by atoms with Crippen LogP contribution in [-0.4, -0.2) is 22.2 Å². The smallest absolute Gasteiger partial charge is 0.311 e. The average Bonchev–Trinajstić information content (AvgIpc) is 2.61. The van der Waals surface area contributed by atoms with Crippen molar-refractivity contribution in [3.8, 4) is 0 Å². The molecular weight excluding hydrogens is 328 g/mol. The van der Waals surface area contributed by atoms with Crippen molar-refractivity contribution in [3.05, 3.63) is 12.2 Å². The summed E-state index contributed by atoms with van der Waals surface area (Å²) >= 11 is 0. The number of rotatable bonds is 14. The lowest BCUT2D eigenvalue weighted by Crippen LogP contribution is -2.53. The highest BCUT2D eigenvalue weighted by molar-refractivity contribution is 5.87. The third-order valence-corrected chi connectivity index (χ3v) is 6.22. The van der Waals surface area contributed by atoms with Crippen LogP contribution in [0.5, 0.6) is 0 Å². The molecule has 0 saturated carbocycles. The first kappa shape index (κ1) is 22.7. The van der Waals surface area contributed by atoms with E-state index >= 15 is 0 Å². The Balaban J connectivity index is 2.63. The number of carboxylic acid groups (broad SMARTS) is 2. The molecule has 2 N–H and O–H groups in total. The summed E-state index contributed by atoms with van der Waals surface area (Å²) in [5, 5.41) is 20.0. The Kier molecular flexibility index (Phi) is 9.97. The topological polar surface area (TPSA) is 74.6 Å². The number of carbonyl (C=O) groups is 2. The standard InChI is InChI=1S/C22H38O4/c1-3-5-6-7-8-9-10-11-12-16-22(20(25)26)18-14-13-17-21(22,15-4-2)19(23)24/h13-14H,3-12,15-18H2,1-2H3,(H,23,24)(H,25,26). The molecule has 0 spiro atoms. The minimum absolute atomic E-state index is 0.333. The summed E-state index contributed by atoms with van der Waals surface area (Å²) in [4.78, 5) is 24.4.